The van der Waals surface area contributed by atoms with E-state index in [-0.39, 0.29) is 17.7 Å². The Balaban J connectivity index is 1.56. The van der Waals surface area contributed by atoms with E-state index >= 15 is 0 Å². The smallest absolute Gasteiger partial charge is 0.141 e. The van der Waals surface area contributed by atoms with Crippen LogP contribution in [-0.4, -0.2) is 39.8 Å². The van der Waals surface area contributed by atoms with E-state index in [9.17, 15) is 9.50 Å². The third-order valence-corrected chi connectivity index (χ3v) is 6.14. The highest BCUT2D eigenvalue weighted by Crippen LogP contribution is 2.48. The van der Waals surface area contributed by atoms with Crippen LogP contribution in [0, 0.1) is 17.7 Å². The van der Waals surface area contributed by atoms with Crippen molar-refractivity contribution in [2.75, 3.05) is 20.2 Å². The van der Waals surface area contributed by atoms with Gasteiger partial charge in [-0.05, 0) is 18.9 Å². The molecule has 1 saturated carbocycles. The van der Waals surface area contributed by atoms with Gasteiger partial charge in [-0.15, -0.1) is 0 Å². The molecule has 2 heterocycles. The molecule has 2 unspecified atom stereocenters. The Kier molecular flexibility index (Phi) is 4.49. The molecule has 0 amide bonds. The summed E-state index contributed by atoms with van der Waals surface area (Å²) in [6.45, 7) is 2.07. The van der Waals surface area contributed by atoms with Crippen LogP contribution in [0.2, 0.25) is 0 Å². The first-order valence-corrected chi connectivity index (χ1v) is 9.27. The molecule has 140 valence electrons. The summed E-state index contributed by atoms with van der Waals surface area (Å²) in [5, 5.41) is 11.6. The summed E-state index contributed by atoms with van der Waals surface area (Å²) >= 11 is 0. The topological polar surface area (TPSA) is 50.5 Å². The molecule has 26 heavy (non-hydrogen) atoms. The zero-order valence-corrected chi connectivity index (χ0v) is 15.4. The van der Waals surface area contributed by atoms with Crippen molar-refractivity contribution in [3.05, 3.63) is 47.8 Å². The molecule has 1 saturated heterocycles. The van der Waals surface area contributed by atoms with E-state index in [0.717, 1.165) is 38.2 Å². The van der Waals surface area contributed by atoms with E-state index in [2.05, 4.69) is 9.88 Å². The van der Waals surface area contributed by atoms with Crippen molar-refractivity contribution in [2.45, 2.75) is 31.4 Å². The van der Waals surface area contributed by atoms with Crippen molar-refractivity contribution in [1.82, 2.24) is 14.5 Å². The van der Waals surface area contributed by atoms with Gasteiger partial charge in [0, 0.05) is 62.5 Å². The molecule has 2 aliphatic rings. The molecule has 1 N–H and O–H groups in total. The number of aryl methyl sites for hydroxylation is 1. The Labute approximate surface area is 153 Å². The minimum atomic E-state index is -0.883. The van der Waals surface area contributed by atoms with Gasteiger partial charge in [0.2, 0.25) is 0 Å². The second-order valence-corrected chi connectivity index (χ2v) is 7.66. The molecule has 2 aromatic rings. The number of hydrogen-bond acceptors (Lipinski definition) is 4. The van der Waals surface area contributed by atoms with E-state index < -0.39 is 5.60 Å². The number of halogens is 1. The van der Waals surface area contributed by atoms with Crippen molar-refractivity contribution in [1.29, 1.82) is 0 Å². The molecule has 6 heteroatoms. The van der Waals surface area contributed by atoms with Gasteiger partial charge in [-0.25, -0.2) is 9.37 Å². The number of ether oxygens (including phenoxy) is 1. The number of piperidine rings is 1. The molecule has 0 spiro atoms. The summed E-state index contributed by atoms with van der Waals surface area (Å²) in [4.78, 5) is 6.73. The standard InChI is InChI=1S/C20H26FN3O2/c1-23-9-8-22-19(23)20(25)15-4-3-5-16(20)13-24(12-15)11-14-6-7-17(26-2)10-18(14)21/h6-10,15-16,25H,3-5,11-13H2,1-2H3. The molecule has 2 fully saturated rings. The van der Waals surface area contributed by atoms with Crippen molar-refractivity contribution in [3.8, 4) is 5.75 Å². The normalized spacial score (nSPS) is 28.9. The number of likely N-dealkylation sites (tertiary alicyclic amines) is 1. The third-order valence-electron chi connectivity index (χ3n) is 6.14. The van der Waals surface area contributed by atoms with Crippen molar-refractivity contribution in [2.24, 2.45) is 18.9 Å². The van der Waals surface area contributed by atoms with Crippen LogP contribution in [0.15, 0.2) is 30.6 Å². The quantitative estimate of drug-likeness (QED) is 0.912. The highest BCUT2D eigenvalue weighted by atomic mass is 19.1. The van der Waals surface area contributed by atoms with E-state index in [1.165, 1.54) is 6.07 Å². The highest BCUT2D eigenvalue weighted by molar-refractivity contribution is 5.29. The first-order valence-electron chi connectivity index (χ1n) is 9.27. The number of aromatic nitrogens is 2. The molecule has 1 aromatic heterocycles. The molecule has 5 nitrogen and oxygen atoms in total. The van der Waals surface area contributed by atoms with Crippen LogP contribution in [0.3, 0.4) is 0 Å². The Hall–Kier alpha value is -1.92. The summed E-state index contributed by atoms with van der Waals surface area (Å²) in [5.41, 5.74) is -0.211. The zero-order chi connectivity index (χ0) is 18.3. The third kappa shape index (κ3) is 2.81. The summed E-state index contributed by atoms with van der Waals surface area (Å²) in [5.74, 6) is 1.31. The average molecular weight is 359 g/mol. The lowest BCUT2D eigenvalue weighted by molar-refractivity contribution is -0.155. The number of methoxy groups -OCH3 is 1. The molecule has 1 aromatic carbocycles. The van der Waals surface area contributed by atoms with Crippen molar-refractivity contribution < 1.29 is 14.2 Å². The monoisotopic (exact) mass is 359 g/mol. The minimum absolute atomic E-state index is 0.123. The van der Waals surface area contributed by atoms with Gasteiger partial charge in [0.25, 0.3) is 0 Å². The van der Waals surface area contributed by atoms with E-state index in [1.54, 1.807) is 25.4 Å². The molecule has 2 atom stereocenters. The van der Waals surface area contributed by atoms with Crippen LogP contribution in [-0.2, 0) is 19.2 Å². The van der Waals surface area contributed by atoms with Gasteiger partial charge in [0.05, 0.1) is 7.11 Å². The highest BCUT2D eigenvalue weighted by Gasteiger charge is 2.53. The van der Waals surface area contributed by atoms with E-state index in [0.29, 0.717) is 17.9 Å². The number of benzene rings is 1. The number of rotatable bonds is 4. The fourth-order valence-electron chi connectivity index (χ4n) is 4.81. The molecule has 4 rings (SSSR count). The number of hydrogen-bond donors (Lipinski definition) is 1. The first kappa shape index (κ1) is 17.5. The van der Waals surface area contributed by atoms with Crippen LogP contribution >= 0.6 is 0 Å². The lowest BCUT2D eigenvalue weighted by Gasteiger charge is -2.52. The molecule has 1 aliphatic carbocycles. The summed E-state index contributed by atoms with van der Waals surface area (Å²) in [6, 6.07) is 5.03. The Morgan fingerprint density at radius 1 is 1.31 bits per heavy atom. The second kappa shape index (κ2) is 6.67. The number of imidazole rings is 1. The van der Waals surface area contributed by atoms with Crippen LogP contribution < -0.4 is 4.74 Å². The van der Waals surface area contributed by atoms with Gasteiger partial charge in [-0.1, -0.05) is 12.5 Å². The van der Waals surface area contributed by atoms with Crippen LogP contribution in [0.1, 0.15) is 30.7 Å². The maximum absolute atomic E-state index is 14.3. The fraction of sp³-hybridized carbons (Fsp3) is 0.550. The minimum Gasteiger partial charge on any atom is -0.497 e. The van der Waals surface area contributed by atoms with Crippen molar-refractivity contribution in [3.63, 3.8) is 0 Å². The van der Waals surface area contributed by atoms with Crippen LogP contribution in [0.4, 0.5) is 4.39 Å². The van der Waals surface area contributed by atoms with E-state index in [1.807, 2.05) is 17.8 Å². The maximum atomic E-state index is 14.3. The van der Waals surface area contributed by atoms with Gasteiger partial charge in [-0.3, -0.25) is 4.90 Å². The SMILES string of the molecule is COc1ccc(CN2CC3CCCC(C2)C3(O)c2nccn2C)c(F)c1. The second-order valence-electron chi connectivity index (χ2n) is 7.66. The van der Waals surface area contributed by atoms with Gasteiger partial charge in [0.15, 0.2) is 0 Å². The van der Waals surface area contributed by atoms with Gasteiger partial charge >= 0.3 is 0 Å². The summed E-state index contributed by atoms with van der Waals surface area (Å²) < 4.78 is 21.4. The van der Waals surface area contributed by atoms with Gasteiger partial charge < -0.3 is 14.4 Å². The fourth-order valence-corrected chi connectivity index (χ4v) is 4.81. The molecular weight excluding hydrogens is 333 g/mol. The number of nitrogens with zero attached hydrogens (tertiary/aromatic N) is 3. The van der Waals surface area contributed by atoms with E-state index in [4.69, 9.17) is 4.74 Å². The Morgan fingerprint density at radius 2 is 2.04 bits per heavy atom. The zero-order valence-electron chi connectivity index (χ0n) is 15.4. The predicted molar refractivity (Wildman–Crippen MR) is 96.2 cm³/mol. The van der Waals surface area contributed by atoms with Crippen LogP contribution in [0.5, 0.6) is 5.75 Å². The van der Waals surface area contributed by atoms with Gasteiger partial charge in [0.1, 0.15) is 23.0 Å². The van der Waals surface area contributed by atoms with Crippen LogP contribution in [0.25, 0.3) is 0 Å². The average Bonchev–Trinajstić information content (AvgIpc) is 3.04. The number of aliphatic hydroxyl groups is 1. The number of fused-ring (bicyclic) bond motifs is 2. The predicted octanol–water partition coefficient (Wildman–Crippen LogP) is 2.69. The van der Waals surface area contributed by atoms with Crippen molar-refractivity contribution >= 4 is 0 Å². The lowest BCUT2D eigenvalue weighted by atomic mass is 9.65. The Morgan fingerprint density at radius 3 is 2.62 bits per heavy atom. The Bertz CT molecular complexity index is 777. The molecular formula is C20H26FN3O2. The molecule has 0 radical (unpaired) electrons. The molecule has 1 aliphatic heterocycles. The maximum Gasteiger partial charge on any atom is 0.141 e. The largest absolute Gasteiger partial charge is 0.497 e. The van der Waals surface area contributed by atoms with Gasteiger partial charge in [-0.2, -0.15) is 0 Å². The summed E-state index contributed by atoms with van der Waals surface area (Å²) in [7, 11) is 3.48. The lowest BCUT2D eigenvalue weighted by Crippen LogP contribution is -2.58. The molecule has 2 bridgehead atoms. The summed E-state index contributed by atoms with van der Waals surface area (Å²) in [6.07, 6.45) is 6.72. The first-order chi connectivity index (χ1) is 12.5.